The van der Waals surface area contributed by atoms with Crippen LogP contribution in [0.5, 0.6) is 0 Å². The molecule has 0 unspecified atom stereocenters. The highest BCUT2D eigenvalue weighted by Gasteiger charge is 2.02. The molecule has 2 heterocycles. The van der Waals surface area contributed by atoms with Crippen LogP contribution in [0.15, 0.2) is 0 Å². The topological polar surface area (TPSA) is 9.72 Å². The Morgan fingerprint density at radius 1 is 0.636 bits per heavy atom. The van der Waals surface area contributed by atoms with Crippen molar-refractivity contribution in [2.45, 2.75) is 67.2 Å². The van der Waals surface area contributed by atoms with Crippen molar-refractivity contribution in [1.29, 1.82) is 0 Å². The number of nitrogens with zero attached hydrogens (tertiary/aromatic N) is 3. The van der Waals surface area contributed by atoms with E-state index in [0.717, 1.165) is 13.1 Å². The van der Waals surface area contributed by atoms with Crippen molar-refractivity contribution in [2.75, 3.05) is 60.4 Å². The van der Waals surface area contributed by atoms with Crippen molar-refractivity contribution in [2.24, 2.45) is 0 Å². The average Bonchev–Trinajstić information content (AvgIpc) is 2.49. The zero-order valence-electron chi connectivity index (χ0n) is 14.8. The fourth-order valence-electron chi connectivity index (χ4n) is 2.33. The molecular weight excluding hydrogens is 270 g/mol. The summed E-state index contributed by atoms with van der Waals surface area (Å²) in [5, 5.41) is 0. The van der Waals surface area contributed by atoms with Crippen LogP contribution < -0.4 is 0 Å². The molecule has 138 valence electrons. The van der Waals surface area contributed by atoms with Crippen LogP contribution in [0.3, 0.4) is 0 Å². The second-order valence-electron chi connectivity index (χ2n) is 6.22. The van der Waals surface area contributed by atoms with Gasteiger partial charge in [0.05, 0.1) is 0 Å². The van der Waals surface area contributed by atoms with Gasteiger partial charge in [-0.15, -0.1) is 0 Å². The Hall–Kier alpha value is -0.120. The maximum atomic E-state index is 2.39. The Morgan fingerprint density at radius 2 is 0.909 bits per heavy atom. The first-order valence-corrected chi connectivity index (χ1v) is 8.65. The zero-order valence-corrected chi connectivity index (χ0v) is 14.8. The van der Waals surface area contributed by atoms with E-state index in [-0.39, 0.29) is 14.9 Å². The molecular formula is C19H47N3. The van der Waals surface area contributed by atoms with Crippen molar-refractivity contribution in [1.82, 2.24) is 14.7 Å². The van der Waals surface area contributed by atoms with E-state index in [2.05, 4.69) is 49.7 Å². The molecule has 3 nitrogen and oxygen atoms in total. The van der Waals surface area contributed by atoms with Gasteiger partial charge in [0.2, 0.25) is 0 Å². The Labute approximate surface area is 143 Å². The van der Waals surface area contributed by atoms with Crippen LogP contribution in [0.25, 0.3) is 0 Å². The molecule has 0 aromatic carbocycles. The Balaban J connectivity index is -0.000000237. The summed E-state index contributed by atoms with van der Waals surface area (Å²) in [6, 6.07) is 0. The van der Waals surface area contributed by atoms with Crippen LogP contribution in [-0.4, -0.2) is 75.1 Å². The summed E-state index contributed by atoms with van der Waals surface area (Å²) in [5.41, 5.74) is 0. The van der Waals surface area contributed by atoms with E-state index in [1.165, 1.54) is 64.7 Å². The Bertz CT molecular complexity index is 165. The molecule has 0 N–H and O–H groups in total. The lowest BCUT2D eigenvalue weighted by atomic mass is 10.1. The number of rotatable bonds is 2. The maximum Gasteiger partial charge on any atom is -0.00218 e. The van der Waals surface area contributed by atoms with Gasteiger partial charge in [0, 0.05) is 0 Å². The smallest absolute Gasteiger partial charge is 0.00218 e. The fraction of sp³-hybridized carbons (Fsp3) is 1.00. The molecule has 0 bridgehead atoms. The SMILES string of the molecule is C.C.CCN(C)CC.CN1CCCCC1.CN1CCCCC1. The van der Waals surface area contributed by atoms with Crippen LogP contribution in [0.1, 0.15) is 67.2 Å². The minimum atomic E-state index is 0. The number of likely N-dealkylation sites (tertiary alicyclic amines) is 2. The van der Waals surface area contributed by atoms with E-state index in [1.807, 2.05) is 0 Å². The molecule has 3 heteroatoms. The molecule has 0 aliphatic carbocycles. The van der Waals surface area contributed by atoms with Gasteiger partial charge in [-0.2, -0.15) is 0 Å². The van der Waals surface area contributed by atoms with E-state index in [4.69, 9.17) is 0 Å². The van der Waals surface area contributed by atoms with Gasteiger partial charge in [0.15, 0.2) is 0 Å². The highest BCUT2D eigenvalue weighted by molar-refractivity contribution is 4.58. The molecule has 0 saturated carbocycles. The van der Waals surface area contributed by atoms with Crippen molar-refractivity contribution in [3.05, 3.63) is 0 Å². The minimum absolute atomic E-state index is 0. The molecule has 0 aromatic rings. The first-order valence-electron chi connectivity index (χ1n) is 8.65. The van der Waals surface area contributed by atoms with Crippen molar-refractivity contribution < 1.29 is 0 Å². The molecule has 0 amide bonds. The highest BCUT2D eigenvalue weighted by atomic mass is 15.1. The molecule has 0 aromatic heterocycles. The van der Waals surface area contributed by atoms with Crippen molar-refractivity contribution in [3.63, 3.8) is 0 Å². The average molecular weight is 318 g/mol. The number of piperidine rings is 2. The van der Waals surface area contributed by atoms with Gasteiger partial charge in [0.25, 0.3) is 0 Å². The summed E-state index contributed by atoms with van der Waals surface area (Å²) in [7, 11) is 6.50. The van der Waals surface area contributed by atoms with Gasteiger partial charge in [0.1, 0.15) is 0 Å². The number of hydrogen-bond donors (Lipinski definition) is 0. The predicted octanol–water partition coefficient (Wildman–Crippen LogP) is 4.43. The van der Waals surface area contributed by atoms with E-state index in [1.54, 1.807) is 0 Å². The summed E-state index contributed by atoms with van der Waals surface area (Å²) in [5.74, 6) is 0. The van der Waals surface area contributed by atoms with E-state index >= 15 is 0 Å². The molecule has 2 aliphatic heterocycles. The summed E-state index contributed by atoms with van der Waals surface area (Å²) in [6.07, 6.45) is 8.55. The van der Waals surface area contributed by atoms with E-state index in [0.29, 0.717) is 0 Å². The van der Waals surface area contributed by atoms with Crippen LogP contribution in [0.2, 0.25) is 0 Å². The second kappa shape index (κ2) is 18.9. The minimum Gasteiger partial charge on any atom is -0.307 e. The van der Waals surface area contributed by atoms with Crippen LogP contribution in [0.4, 0.5) is 0 Å². The van der Waals surface area contributed by atoms with E-state index < -0.39 is 0 Å². The maximum absolute atomic E-state index is 2.39. The molecule has 2 rings (SSSR count). The monoisotopic (exact) mass is 317 g/mol. The molecule has 0 radical (unpaired) electrons. The molecule has 2 fully saturated rings. The zero-order chi connectivity index (χ0) is 15.2. The highest BCUT2D eigenvalue weighted by Crippen LogP contribution is 2.05. The summed E-state index contributed by atoms with van der Waals surface area (Å²) < 4.78 is 0. The third-order valence-corrected chi connectivity index (χ3v) is 4.24. The van der Waals surface area contributed by atoms with Crippen molar-refractivity contribution >= 4 is 0 Å². The second-order valence-corrected chi connectivity index (χ2v) is 6.22. The van der Waals surface area contributed by atoms with Gasteiger partial charge in [-0.05, 0) is 86.1 Å². The van der Waals surface area contributed by atoms with Gasteiger partial charge in [-0.1, -0.05) is 41.5 Å². The third-order valence-electron chi connectivity index (χ3n) is 4.24. The summed E-state index contributed by atoms with van der Waals surface area (Å²) >= 11 is 0. The van der Waals surface area contributed by atoms with Gasteiger partial charge in [-0.25, -0.2) is 0 Å². The Morgan fingerprint density at radius 3 is 1.00 bits per heavy atom. The molecule has 0 atom stereocenters. The lowest BCUT2D eigenvalue weighted by Crippen LogP contribution is -2.24. The third kappa shape index (κ3) is 17.9. The Kier molecular flexibility index (Phi) is 23.0. The quantitative estimate of drug-likeness (QED) is 0.746. The molecule has 2 saturated heterocycles. The van der Waals surface area contributed by atoms with E-state index in [9.17, 15) is 0 Å². The van der Waals surface area contributed by atoms with Gasteiger partial charge >= 0.3 is 0 Å². The lowest BCUT2D eigenvalue weighted by Gasteiger charge is -2.20. The molecule has 22 heavy (non-hydrogen) atoms. The van der Waals surface area contributed by atoms with Crippen molar-refractivity contribution in [3.8, 4) is 0 Å². The summed E-state index contributed by atoms with van der Waals surface area (Å²) in [4.78, 5) is 7.03. The first-order chi connectivity index (χ1) is 9.60. The fourth-order valence-corrected chi connectivity index (χ4v) is 2.33. The standard InChI is InChI=1S/2C6H13N.C5H13N.2CH4/c2*1-7-5-3-2-4-6-7;1-4-6(3)5-2;;/h2*2-6H2,1H3;4-5H2,1-3H3;2*1H4. The predicted molar refractivity (Wildman–Crippen MR) is 105 cm³/mol. The molecule has 0 spiro atoms. The normalized spacial score (nSPS) is 18.8. The van der Waals surface area contributed by atoms with Crippen LogP contribution in [0, 0.1) is 0 Å². The largest absolute Gasteiger partial charge is 0.307 e. The lowest BCUT2D eigenvalue weighted by molar-refractivity contribution is 0.277. The number of hydrogen-bond acceptors (Lipinski definition) is 3. The van der Waals surface area contributed by atoms with Crippen LogP contribution in [-0.2, 0) is 0 Å². The van der Waals surface area contributed by atoms with Gasteiger partial charge < -0.3 is 14.7 Å². The van der Waals surface area contributed by atoms with Gasteiger partial charge in [-0.3, -0.25) is 0 Å². The first kappa shape index (κ1) is 26.8. The van der Waals surface area contributed by atoms with Crippen LogP contribution >= 0.6 is 0 Å². The summed E-state index contributed by atoms with van der Waals surface area (Å²) in [6.45, 7) is 11.9. The molecule has 2 aliphatic rings.